The molecule has 31 heavy (non-hydrogen) atoms. The molecule has 0 bridgehead atoms. The summed E-state index contributed by atoms with van der Waals surface area (Å²) in [7, 11) is -3.90. The van der Waals surface area contributed by atoms with E-state index in [4.69, 9.17) is 16.3 Å². The van der Waals surface area contributed by atoms with Gasteiger partial charge in [-0.05, 0) is 42.0 Å². The number of hydrogen-bond donors (Lipinski definition) is 2. The maximum Gasteiger partial charge on any atom is 0.240 e. The molecule has 162 valence electrons. The molecule has 1 heterocycles. The number of ether oxygens (including phenoxy) is 1. The highest BCUT2D eigenvalue weighted by atomic mass is 35.5. The first-order valence-corrected chi connectivity index (χ1v) is 11.1. The molecule has 0 fully saturated rings. The van der Waals surface area contributed by atoms with Gasteiger partial charge in [0.1, 0.15) is 11.6 Å². The van der Waals surface area contributed by atoms with E-state index in [0.29, 0.717) is 11.6 Å². The Hall–Kier alpha value is -3.01. The van der Waals surface area contributed by atoms with Crippen molar-refractivity contribution < 1.29 is 22.3 Å². The van der Waals surface area contributed by atoms with Crippen molar-refractivity contribution in [3.05, 3.63) is 83.3 Å². The summed E-state index contributed by atoms with van der Waals surface area (Å²) in [5, 5.41) is 2.42. The largest absolute Gasteiger partial charge is 0.439 e. The second-order valence-electron chi connectivity index (χ2n) is 6.42. The lowest BCUT2D eigenvalue weighted by Crippen LogP contribution is -2.30. The highest BCUT2D eigenvalue weighted by Crippen LogP contribution is 2.20. The molecule has 0 aliphatic rings. The number of hydrogen-bond acceptors (Lipinski definition) is 5. The van der Waals surface area contributed by atoms with Crippen molar-refractivity contribution in [3.8, 4) is 11.6 Å². The summed E-state index contributed by atoms with van der Waals surface area (Å²) in [5.74, 6) is -0.0139. The lowest BCUT2D eigenvalue weighted by Gasteiger charge is -2.09. The summed E-state index contributed by atoms with van der Waals surface area (Å²) in [5.41, 5.74) is 0.809. The minimum Gasteiger partial charge on any atom is -0.439 e. The molecule has 2 aromatic carbocycles. The lowest BCUT2D eigenvalue weighted by atomic mass is 10.2. The van der Waals surface area contributed by atoms with Gasteiger partial charge in [0.05, 0.1) is 9.92 Å². The normalized spacial score (nSPS) is 11.2. The van der Waals surface area contributed by atoms with Crippen molar-refractivity contribution >= 4 is 27.5 Å². The molecule has 3 aromatic rings. The second kappa shape index (κ2) is 10.3. The quantitative estimate of drug-likeness (QED) is 0.505. The molecule has 0 radical (unpaired) electrons. The predicted molar refractivity (Wildman–Crippen MR) is 114 cm³/mol. The van der Waals surface area contributed by atoms with Crippen LogP contribution in [0.1, 0.15) is 12.0 Å². The van der Waals surface area contributed by atoms with Crippen LogP contribution in [0.2, 0.25) is 5.02 Å². The van der Waals surface area contributed by atoms with Crippen LogP contribution in [0, 0.1) is 5.82 Å². The smallest absolute Gasteiger partial charge is 0.240 e. The molecule has 0 aliphatic carbocycles. The number of carbonyl (C=O) groups is 1. The topological polar surface area (TPSA) is 97.4 Å². The minimum absolute atomic E-state index is 0.0711. The van der Waals surface area contributed by atoms with E-state index >= 15 is 0 Å². The summed E-state index contributed by atoms with van der Waals surface area (Å²) in [6.45, 7) is 0.130. The molecule has 0 saturated heterocycles. The zero-order valence-corrected chi connectivity index (χ0v) is 17.8. The van der Waals surface area contributed by atoms with E-state index in [-0.39, 0.29) is 35.3 Å². The van der Waals surface area contributed by atoms with E-state index in [1.54, 1.807) is 36.5 Å². The van der Waals surface area contributed by atoms with E-state index in [2.05, 4.69) is 15.0 Å². The first-order chi connectivity index (χ1) is 14.8. The highest BCUT2D eigenvalue weighted by Gasteiger charge is 2.16. The van der Waals surface area contributed by atoms with E-state index in [9.17, 15) is 17.6 Å². The van der Waals surface area contributed by atoms with Crippen LogP contribution in [0.3, 0.4) is 0 Å². The van der Waals surface area contributed by atoms with Crippen LogP contribution in [0.5, 0.6) is 11.6 Å². The Morgan fingerprint density at radius 3 is 2.68 bits per heavy atom. The van der Waals surface area contributed by atoms with E-state index in [1.807, 2.05) is 12.1 Å². The van der Waals surface area contributed by atoms with Gasteiger partial charge >= 0.3 is 0 Å². The Kier molecular flexibility index (Phi) is 7.56. The van der Waals surface area contributed by atoms with Gasteiger partial charge in [0, 0.05) is 31.8 Å². The number of amides is 1. The van der Waals surface area contributed by atoms with Crippen LogP contribution >= 0.6 is 11.6 Å². The van der Waals surface area contributed by atoms with Gasteiger partial charge in [0.2, 0.25) is 21.8 Å². The van der Waals surface area contributed by atoms with Gasteiger partial charge in [-0.3, -0.25) is 4.79 Å². The Balaban J connectivity index is 1.47. The Labute approximate surface area is 184 Å². The molecular formula is C21H19ClFN3O4S. The number of rotatable bonds is 9. The zero-order valence-electron chi connectivity index (χ0n) is 16.2. The molecule has 0 unspecified atom stereocenters. The van der Waals surface area contributed by atoms with E-state index < -0.39 is 15.8 Å². The maximum absolute atomic E-state index is 13.2. The number of aromatic nitrogens is 1. The fourth-order valence-electron chi connectivity index (χ4n) is 2.56. The van der Waals surface area contributed by atoms with Crippen molar-refractivity contribution in [2.24, 2.45) is 0 Å². The summed E-state index contributed by atoms with van der Waals surface area (Å²) >= 11 is 5.62. The van der Waals surface area contributed by atoms with Crippen molar-refractivity contribution in [3.63, 3.8) is 0 Å². The average molecular weight is 464 g/mol. The molecular weight excluding hydrogens is 445 g/mol. The van der Waals surface area contributed by atoms with E-state index in [1.165, 1.54) is 0 Å². The third-order valence-electron chi connectivity index (χ3n) is 4.09. The van der Waals surface area contributed by atoms with Crippen LogP contribution in [-0.2, 0) is 21.4 Å². The molecule has 1 aromatic heterocycles. The Bertz CT molecular complexity index is 1160. The Morgan fingerprint density at radius 2 is 1.94 bits per heavy atom. The number of nitrogens with one attached hydrogen (secondary N) is 2. The van der Waals surface area contributed by atoms with Gasteiger partial charge in [-0.2, -0.15) is 0 Å². The summed E-state index contributed by atoms with van der Waals surface area (Å²) < 4.78 is 45.5. The van der Waals surface area contributed by atoms with Gasteiger partial charge in [-0.15, -0.1) is 0 Å². The van der Waals surface area contributed by atoms with Gasteiger partial charge < -0.3 is 10.1 Å². The SMILES string of the molecule is O=C(CCNS(=O)(=O)c1ccc(F)c(Cl)c1)NCc1cccc(Oc2ccccn2)c1. The first-order valence-electron chi connectivity index (χ1n) is 9.23. The molecule has 3 rings (SSSR count). The Morgan fingerprint density at radius 1 is 1.10 bits per heavy atom. The maximum atomic E-state index is 13.2. The summed E-state index contributed by atoms with van der Waals surface area (Å²) in [6, 6.07) is 15.6. The van der Waals surface area contributed by atoms with Crippen LogP contribution in [0.15, 0.2) is 71.8 Å². The van der Waals surface area contributed by atoms with Crippen LogP contribution < -0.4 is 14.8 Å². The van der Waals surface area contributed by atoms with Crippen molar-refractivity contribution in [1.29, 1.82) is 0 Å². The van der Waals surface area contributed by atoms with Crippen molar-refractivity contribution in [1.82, 2.24) is 15.0 Å². The molecule has 0 saturated carbocycles. The highest BCUT2D eigenvalue weighted by molar-refractivity contribution is 7.89. The lowest BCUT2D eigenvalue weighted by molar-refractivity contribution is -0.121. The molecule has 10 heteroatoms. The number of halogens is 2. The predicted octanol–water partition coefficient (Wildman–Crippen LogP) is 3.65. The number of carbonyl (C=O) groups excluding carboxylic acids is 1. The molecule has 7 nitrogen and oxygen atoms in total. The fraction of sp³-hybridized carbons (Fsp3) is 0.143. The van der Waals surface area contributed by atoms with Gasteiger partial charge in [-0.25, -0.2) is 22.5 Å². The standard InChI is InChI=1S/C21H19ClFN3O4S/c22-18-13-17(7-8-19(18)23)31(28,29)26-11-9-20(27)25-14-15-4-3-5-16(12-15)30-21-6-1-2-10-24-21/h1-8,10,12-13,26H,9,11,14H2,(H,25,27). The fourth-order valence-corrected chi connectivity index (χ4v) is 3.87. The molecule has 1 amide bonds. The number of nitrogens with zero attached hydrogens (tertiary/aromatic N) is 1. The van der Waals surface area contributed by atoms with Crippen molar-refractivity contribution in [2.75, 3.05) is 6.54 Å². The molecule has 0 spiro atoms. The van der Waals surface area contributed by atoms with Crippen LogP contribution in [0.25, 0.3) is 0 Å². The van der Waals surface area contributed by atoms with Crippen molar-refractivity contribution in [2.45, 2.75) is 17.9 Å². The third-order valence-corrected chi connectivity index (χ3v) is 5.84. The molecule has 0 atom stereocenters. The van der Waals surface area contributed by atoms with Gasteiger partial charge in [-0.1, -0.05) is 29.8 Å². The summed E-state index contributed by atoms with van der Waals surface area (Å²) in [4.78, 5) is 16.0. The number of pyridine rings is 1. The number of benzene rings is 2. The van der Waals surface area contributed by atoms with Gasteiger partial charge in [0.15, 0.2) is 0 Å². The third kappa shape index (κ3) is 6.74. The minimum atomic E-state index is -3.90. The van der Waals surface area contributed by atoms with Crippen LogP contribution in [-0.4, -0.2) is 25.9 Å². The first kappa shape index (κ1) is 22.7. The number of sulfonamides is 1. The molecule has 0 aliphatic heterocycles. The second-order valence-corrected chi connectivity index (χ2v) is 8.59. The zero-order chi connectivity index (χ0) is 22.3. The molecule has 2 N–H and O–H groups in total. The monoisotopic (exact) mass is 463 g/mol. The summed E-state index contributed by atoms with van der Waals surface area (Å²) in [6.07, 6.45) is 1.55. The average Bonchev–Trinajstić information content (AvgIpc) is 2.75. The van der Waals surface area contributed by atoms with Gasteiger partial charge in [0.25, 0.3) is 0 Å². The van der Waals surface area contributed by atoms with E-state index in [0.717, 1.165) is 23.8 Å². The van der Waals surface area contributed by atoms with Crippen LogP contribution in [0.4, 0.5) is 4.39 Å².